The van der Waals surface area contributed by atoms with E-state index in [1.165, 1.54) is 0 Å². The highest BCUT2D eigenvalue weighted by atomic mass is 14.9. The maximum absolute atomic E-state index is 5.48. The molecule has 8 heteroatoms. The predicted octanol–water partition coefficient (Wildman–Crippen LogP) is 11.7. The van der Waals surface area contributed by atoms with Crippen LogP contribution in [0.15, 0.2) is 205 Å². The molecule has 0 amide bonds. The number of nitrogens with zero attached hydrogens (tertiary/aromatic N) is 8. The number of para-hydroxylation sites is 2. The van der Waals surface area contributed by atoms with E-state index in [-0.39, 0.29) is 0 Å². The number of fused-ring (bicyclic) bond motifs is 4. The Balaban J connectivity index is 1.05. The molecule has 10 aromatic rings. The van der Waals surface area contributed by atoms with Gasteiger partial charge in [0.2, 0.25) is 0 Å². The molecule has 0 aliphatic carbocycles. The topological polar surface area (TPSA) is 102 Å². The van der Waals surface area contributed by atoms with Crippen LogP contribution in [0.25, 0.3) is 66.3 Å². The molecule has 0 saturated heterocycles. The third-order valence-electron chi connectivity index (χ3n) is 10.8. The van der Waals surface area contributed by atoms with E-state index in [0.717, 1.165) is 77.4 Å². The first-order valence-corrected chi connectivity index (χ1v) is 19.6. The molecule has 0 bridgehead atoms. The molecule has 7 heterocycles. The van der Waals surface area contributed by atoms with Crippen molar-refractivity contribution in [1.82, 2.24) is 29.9 Å². The zero-order valence-corrected chi connectivity index (χ0v) is 32.1. The van der Waals surface area contributed by atoms with Crippen molar-refractivity contribution in [3.8, 4) is 44.5 Å². The van der Waals surface area contributed by atoms with Gasteiger partial charge in [-0.1, -0.05) is 84.9 Å². The lowest BCUT2D eigenvalue weighted by atomic mass is 9.96. The summed E-state index contributed by atoms with van der Waals surface area (Å²) >= 11 is 0. The van der Waals surface area contributed by atoms with E-state index >= 15 is 0 Å². The van der Waals surface area contributed by atoms with Gasteiger partial charge in [0, 0.05) is 93.7 Å². The van der Waals surface area contributed by atoms with Gasteiger partial charge in [-0.15, -0.1) is 0 Å². The molecular formula is C52H32N8. The second kappa shape index (κ2) is 14.9. The molecule has 4 aromatic carbocycles. The van der Waals surface area contributed by atoms with Crippen molar-refractivity contribution >= 4 is 44.6 Å². The van der Waals surface area contributed by atoms with Gasteiger partial charge in [0.05, 0.1) is 33.8 Å². The van der Waals surface area contributed by atoms with Crippen LogP contribution in [0.2, 0.25) is 0 Å². The Kier molecular flexibility index (Phi) is 8.63. The van der Waals surface area contributed by atoms with E-state index in [1.807, 2.05) is 85.5 Å². The highest BCUT2D eigenvalue weighted by Crippen LogP contribution is 2.36. The van der Waals surface area contributed by atoms with Crippen LogP contribution < -0.4 is 0 Å². The van der Waals surface area contributed by atoms with Crippen LogP contribution in [0, 0.1) is 0 Å². The average molecular weight is 769 g/mol. The Morgan fingerprint density at radius 1 is 0.283 bits per heavy atom. The number of benzene rings is 4. The van der Waals surface area contributed by atoms with Crippen molar-refractivity contribution in [2.24, 2.45) is 9.98 Å². The zero-order valence-electron chi connectivity index (χ0n) is 32.1. The van der Waals surface area contributed by atoms with Crippen molar-refractivity contribution in [3.05, 3.63) is 218 Å². The van der Waals surface area contributed by atoms with Crippen molar-refractivity contribution in [1.29, 1.82) is 0 Å². The van der Waals surface area contributed by atoms with Crippen molar-refractivity contribution in [3.63, 3.8) is 0 Å². The zero-order chi connectivity index (χ0) is 39.8. The Morgan fingerprint density at radius 2 is 0.633 bits per heavy atom. The smallest absolute Gasteiger partial charge is 0.116 e. The van der Waals surface area contributed by atoms with E-state index in [4.69, 9.17) is 20.0 Å². The monoisotopic (exact) mass is 768 g/mol. The molecule has 60 heavy (non-hydrogen) atoms. The first-order valence-electron chi connectivity index (χ1n) is 19.6. The fraction of sp³-hybridized carbons (Fsp3) is 0. The molecule has 1 aliphatic heterocycles. The first-order chi connectivity index (χ1) is 29.7. The van der Waals surface area contributed by atoms with Crippen molar-refractivity contribution in [2.45, 2.75) is 0 Å². The van der Waals surface area contributed by atoms with Crippen LogP contribution in [0.4, 0.5) is 11.4 Å². The van der Waals surface area contributed by atoms with Crippen molar-refractivity contribution < 1.29 is 0 Å². The number of aliphatic imine (C=N–C) groups is 2. The highest BCUT2D eigenvalue weighted by Gasteiger charge is 2.24. The van der Waals surface area contributed by atoms with Gasteiger partial charge in [0.15, 0.2) is 0 Å². The van der Waals surface area contributed by atoms with Gasteiger partial charge >= 0.3 is 0 Å². The summed E-state index contributed by atoms with van der Waals surface area (Å²) in [7, 11) is 0. The quantitative estimate of drug-likeness (QED) is 0.167. The van der Waals surface area contributed by atoms with E-state index in [0.29, 0.717) is 34.2 Å². The summed E-state index contributed by atoms with van der Waals surface area (Å²) < 4.78 is 0. The van der Waals surface area contributed by atoms with Gasteiger partial charge < -0.3 is 0 Å². The SMILES string of the molecule is c1ccc2nc3c(cc2c1)/N=C(/c1ccc(-c2cncc(-c4ccncc4)c2)cc1)c1nc2ccccc2cc1/N=C\3c1ccc(-c2cncc(-c3ccncc3)c2)cc1. The summed E-state index contributed by atoms with van der Waals surface area (Å²) in [6, 6.07) is 49.6. The summed E-state index contributed by atoms with van der Waals surface area (Å²) in [4.78, 5) is 39.0. The van der Waals surface area contributed by atoms with Gasteiger partial charge in [-0.2, -0.15) is 0 Å². The first kappa shape index (κ1) is 34.9. The molecule has 0 spiro atoms. The van der Waals surface area contributed by atoms with Crippen LogP contribution in [0.3, 0.4) is 0 Å². The summed E-state index contributed by atoms with van der Waals surface area (Å²) in [5.41, 5.74) is 16.0. The van der Waals surface area contributed by atoms with Crippen LogP contribution in [0.1, 0.15) is 22.5 Å². The molecule has 0 unspecified atom stereocenters. The standard InChI is InChI=1S/C52H32N8/c1-3-7-45-39(5-1)27-47-51(57-45)49(37-13-9-33(10-14-37)41-25-43(31-55-29-41)35-17-21-53-22-18-35)60-48-28-40-6-2-4-8-46(40)58-52(48)50(59-47)38-15-11-34(12-16-38)42-26-44(32-56-30-42)36-19-23-54-24-20-36/h1-32H/b51-49?,52-50?,59-47?,59-50-,60-48?,60-49-. The molecule has 11 rings (SSSR count). The number of pyridine rings is 6. The van der Waals surface area contributed by atoms with E-state index in [2.05, 4.69) is 105 Å². The molecule has 280 valence electrons. The maximum Gasteiger partial charge on any atom is 0.116 e. The number of aromatic nitrogens is 6. The van der Waals surface area contributed by atoms with Crippen LogP contribution in [-0.4, -0.2) is 41.3 Å². The summed E-state index contributed by atoms with van der Waals surface area (Å²) in [5, 5.41) is 1.97. The van der Waals surface area contributed by atoms with Gasteiger partial charge in [0.25, 0.3) is 0 Å². The second-order valence-corrected chi connectivity index (χ2v) is 14.6. The third-order valence-corrected chi connectivity index (χ3v) is 10.8. The van der Waals surface area contributed by atoms with E-state index < -0.39 is 0 Å². The highest BCUT2D eigenvalue weighted by molar-refractivity contribution is 6.22. The van der Waals surface area contributed by atoms with E-state index in [9.17, 15) is 0 Å². The fourth-order valence-corrected chi connectivity index (χ4v) is 7.72. The number of rotatable bonds is 6. The molecule has 8 nitrogen and oxygen atoms in total. The third kappa shape index (κ3) is 6.58. The van der Waals surface area contributed by atoms with Gasteiger partial charge in [-0.3, -0.25) is 19.9 Å². The number of hydrogen-bond donors (Lipinski definition) is 0. The van der Waals surface area contributed by atoms with Gasteiger partial charge in [-0.25, -0.2) is 20.0 Å². The minimum absolute atomic E-state index is 0.690. The fourth-order valence-electron chi connectivity index (χ4n) is 7.72. The maximum atomic E-state index is 5.48. The predicted molar refractivity (Wildman–Crippen MR) is 240 cm³/mol. The van der Waals surface area contributed by atoms with E-state index in [1.54, 1.807) is 24.8 Å². The minimum atomic E-state index is 0.690. The molecule has 0 N–H and O–H groups in total. The Hall–Kier alpha value is -8.36. The summed E-state index contributed by atoms with van der Waals surface area (Å²) in [6.07, 6.45) is 14.7. The molecular weight excluding hydrogens is 737 g/mol. The summed E-state index contributed by atoms with van der Waals surface area (Å²) in [5.74, 6) is 0. The lowest BCUT2D eigenvalue weighted by Gasteiger charge is -2.18. The van der Waals surface area contributed by atoms with Crippen LogP contribution in [-0.2, 0) is 0 Å². The lowest BCUT2D eigenvalue weighted by molar-refractivity contribution is 1.27. The largest absolute Gasteiger partial charge is 0.265 e. The van der Waals surface area contributed by atoms with Crippen LogP contribution >= 0.6 is 0 Å². The minimum Gasteiger partial charge on any atom is -0.265 e. The summed E-state index contributed by atoms with van der Waals surface area (Å²) in [6.45, 7) is 0. The lowest BCUT2D eigenvalue weighted by Crippen LogP contribution is -2.13. The number of hydrogen-bond acceptors (Lipinski definition) is 8. The molecule has 0 atom stereocenters. The Labute approximate surface area is 345 Å². The van der Waals surface area contributed by atoms with Crippen LogP contribution in [0.5, 0.6) is 0 Å². The molecule has 6 aromatic heterocycles. The molecule has 0 radical (unpaired) electrons. The average Bonchev–Trinajstić information content (AvgIpc) is 3.32. The van der Waals surface area contributed by atoms with Gasteiger partial charge in [-0.05, 0) is 82.9 Å². The van der Waals surface area contributed by atoms with Crippen molar-refractivity contribution in [2.75, 3.05) is 0 Å². The Bertz CT molecular complexity index is 3070. The Morgan fingerprint density at radius 3 is 1.03 bits per heavy atom. The normalized spacial score (nSPS) is 13.9. The molecule has 0 fully saturated rings. The molecule has 0 saturated carbocycles. The molecule has 1 aliphatic rings. The van der Waals surface area contributed by atoms with Gasteiger partial charge in [0.1, 0.15) is 11.4 Å². The second-order valence-electron chi connectivity index (χ2n) is 14.6.